The SMILES string of the molecule is Cc1ccc2c3c1c1c4c(cc[n+]1C)cncc4n3c1nc3ccccc3n21. The monoisotopic (exact) mass is 362 g/mol. The van der Waals surface area contributed by atoms with E-state index >= 15 is 0 Å². The minimum atomic E-state index is 0.939. The van der Waals surface area contributed by atoms with Gasteiger partial charge in [-0.1, -0.05) is 18.2 Å². The summed E-state index contributed by atoms with van der Waals surface area (Å²) < 4.78 is 6.79. The normalized spacial score (nSPS) is 12.6. The third-order valence-electron chi connectivity index (χ3n) is 6.07. The molecule has 28 heavy (non-hydrogen) atoms. The fourth-order valence-corrected chi connectivity index (χ4v) is 4.88. The van der Waals surface area contributed by atoms with Crippen LogP contribution in [0.15, 0.2) is 61.1 Å². The summed E-state index contributed by atoms with van der Waals surface area (Å²) in [5, 5.41) is 3.66. The Labute approximate surface area is 159 Å². The first kappa shape index (κ1) is 14.3. The second-order valence-corrected chi connectivity index (χ2v) is 7.59. The molecule has 0 aliphatic rings. The lowest BCUT2D eigenvalue weighted by molar-refractivity contribution is -0.643. The van der Waals surface area contributed by atoms with Gasteiger partial charge in [-0.2, -0.15) is 0 Å². The molecule has 0 atom stereocenters. The van der Waals surface area contributed by atoms with Crippen LogP contribution in [0.3, 0.4) is 0 Å². The highest BCUT2D eigenvalue weighted by atomic mass is 15.2. The van der Waals surface area contributed by atoms with Gasteiger partial charge in [-0.15, -0.1) is 0 Å². The van der Waals surface area contributed by atoms with Crippen LogP contribution >= 0.6 is 0 Å². The van der Waals surface area contributed by atoms with Crippen molar-refractivity contribution in [2.24, 2.45) is 7.05 Å². The molecule has 0 saturated carbocycles. The van der Waals surface area contributed by atoms with E-state index in [0.717, 1.165) is 27.7 Å². The third kappa shape index (κ3) is 1.45. The van der Waals surface area contributed by atoms with Crippen LogP contribution in [-0.4, -0.2) is 18.8 Å². The zero-order valence-corrected chi connectivity index (χ0v) is 15.5. The van der Waals surface area contributed by atoms with Crippen LogP contribution in [0.2, 0.25) is 0 Å². The molecule has 0 radical (unpaired) electrons. The van der Waals surface area contributed by atoms with Gasteiger partial charge >= 0.3 is 0 Å². The first-order chi connectivity index (χ1) is 13.7. The third-order valence-corrected chi connectivity index (χ3v) is 6.07. The molecule has 5 nitrogen and oxygen atoms in total. The fraction of sp³-hybridized carbons (Fsp3) is 0.0870. The van der Waals surface area contributed by atoms with Gasteiger partial charge in [-0.3, -0.25) is 13.8 Å². The van der Waals surface area contributed by atoms with E-state index in [0.29, 0.717) is 0 Å². The highest BCUT2D eigenvalue weighted by Crippen LogP contribution is 2.38. The average Bonchev–Trinajstić information content (AvgIpc) is 3.24. The molecule has 0 amide bonds. The minimum Gasteiger partial charge on any atom is -0.276 e. The number of hydrogen-bond acceptors (Lipinski definition) is 2. The summed E-state index contributed by atoms with van der Waals surface area (Å²) >= 11 is 0. The lowest BCUT2D eigenvalue weighted by Gasteiger charge is -2.11. The molecule has 0 saturated heterocycles. The van der Waals surface area contributed by atoms with Crippen molar-refractivity contribution in [2.75, 3.05) is 0 Å². The second-order valence-electron chi connectivity index (χ2n) is 7.59. The molecule has 0 spiro atoms. The smallest absolute Gasteiger partial charge is 0.224 e. The number of pyridine rings is 3. The molecule has 0 N–H and O–H groups in total. The van der Waals surface area contributed by atoms with E-state index < -0.39 is 0 Å². The van der Waals surface area contributed by atoms with Crippen LogP contribution in [-0.2, 0) is 7.05 Å². The summed E-state index contributed by atoms with van der Waals surface area (Å²) in [5.41, 5.74) is 8.13. The molecule has 5 heterocycles. The first-order valence-corrected chi connectivity index (χ1v) is 9.42. The van der Waals surface area contributed by atoms with Crippen molar-refractivity contribution < 1.29 is 4.57 Å². The molecule has 132 valence electrons. The molecule has 0 fully saturated rings. The quantitative estimate of drug-likeness (QED) is 0.231. The number of aryl methyl sites for hydroxylation is 2. The number of fused-ring (bicyclic) bond motifs is 7. The largest absolute Gasteiger partial charge is 0.276 e. The number of rotatable bonds is 0. The molecule has 7 rings (SSSR count). The molecule has 7 aromatic rings. The Morgan fingerprint density at radius 1 is 0.857 bits per heavy atom. The van der Waals surface area contributed by atoms with E-state index in [-0.39, 0.29) is 0 Å². The van der Waals surface area contributed by atoms with E-state index in [9.17, 15) is 0 Å². The van der Waals surface area contributed by atoms with Crippen LogP contribution in [0.4, 0.5) is 0 Å². The lowest BCUT2D eigenvalue weighted by Crippen LogP contribution is -2.29. The van der Waals surface area contributed by atoms with E-state index in [1.54, 1.807) is 0 Å². The Hall–Kier alpha value is -3.73. The van der Waals surface area contributed by atoms with Crippen LogP contribution in [0.5, 0.6) is 0 Å². The topological polar surface area (TPSA) is 38.5 Å². The van der Waals surface area contributed by atoms with Gasteiger partial charge < -0.3 is 0 Å². The minimum absolute atomic E-state index is 0.939. The van der Waals surface area contributed by atoms with Crippen molar-refractivity contribution in [2.45, 2.75) is 6.92 Å². The van der Waals surface area contributed by atoms with Gasteiger partial charge in [0, 0.05) is 17.6 Å². The lowest BCUT2D eigenvalue weighted by atomic mass is 10.0. The molecule has 5 heteroatoms. The summed E-state index contributed by atoms with van der Waals surface area (Å²) in [6.45, 7) is 2.19. The standard InChI is InChI=1S/C23H16N5/c1-13-7-8-17-21-19(13)22-20-14(9-10-26(22)2)11-24-12-18(20)28(21)23-25-15-5-3-4-6-16(15)27(17)23/h3-12H,1-2H3/q+1. The van der Waals surface area contributed by atoms with Gasteiger partial charge in [-0.25, -0.2) is 9.55 Å². The fourth-order valence-electron chi connectivity index (χ4n) is 4.88. The van der Waals surface area contributed by atoms with E-state index in [1.807, 2.05) is 18.5 Å². The summed E-state index contributed by atoms with van der Waals surface area (Å²) in [5.74, 6) is 0.939. The van der Waals surface area contributed by atoms with E-state index in [1.165, 1.54) is 32.9 Å². The van der Waals surface area contributed by atoms with Crippen molar-refractivity contribution in [1.82, 2.24) is 18.8 Å². The van der Waals surface area contributed by atoms with Gasteiger partial charge in [0.25, 0.3) is 0 Å². The van der Waals surface area contributed by atoms with Crippen molar-refractivity contribution in [3.8, 4) is 0 Å². The van der Waals surface area contributed by atoms with Gasteiger partial charge in [0.1, 0.15) is 7.05 Å². The summed E-state index contributed by atoms with van der Waals surface area (Å²) in [4.78, 5) is 9.55. The Bertz CT molecular complexity index is 1740. The second kappa shape index (κ2) is 4.57. The molecule has 0 aliphatic heterocycles. The molecular formula is C23H16N5+. The zero-order valence-electron chi connectivity index (χ0n) is 15.5. The number of hydrogen-bond donors (Lipinski definition) is 0. The van der Waals surface area contributed by atoms with Crippen molar-refractivity contribution in [1.29, 1.82) is 0 Å². The van der Waals surface area contributed by atoms with E-state index in [2.05, 4.69) is 74.9 Å². The summed E-state index contributed by atoms with van der Waals surface area (Å²) in [7, 11) is 2.12. The van der Waals surface area contributed by atoms with Gasteiger partial charge in [0.05, 0.1) is 44.6 Å². The molecule has 0 aliphatic carbocycles. The number of benzene rings is 2. The number of aromatic nitrogens is 5. The van der Waals surface area contributed by atoms with Crippen LogP contribution in [0, 0.1) is 6.92 Å². The average molecular weight is 362 g/mol. The molecule has 0 bridgehead atoms. The van der Waals surface area contributed by atoms with Gasteiger partial charge in [0.15, 0.2) is 6.20 Å². The van der Waals surface area contributed by atoms with Crippen LogP contribution in [0.25, 0.3) is 55.0 Å². The summed E-state index contributed by atoms with van der Waals surface area (Å²) in [6, 6.07) is 14.9. The van der Waals surface area contributed by atoms with E-state index in [4.69, 9.17) is 4.98 Å². The zero-order chi connectivity index (χ0) is 18.6. The summed E-state index contributed by atoms with van der Waals surface area (Å²) in [6.07, 6.45) is 6.04. The Balaban J connectivity index is 1.98. The maximum absolute atomic E-state index is 5.00. The number of imidazole rings is 2. The highest BCUT2D eigenvalue weighted by molar-refractivity contribution is 6.20. The highest BCUT2D eigenvalue weighted by Gasteiger charge is 2.25. The Kier molecular flexibility index (Phi) is 2.34. The molecule has 2 aromatic carbocycles. The van der Waals surface area contributed by atoms with Crippen molar-refractivity contribution >= 4 is 55.0 Å². The first-order valence-electron chi connectivity index (χ1n) is 9.42. The maximum Gasteiger partial charge on any atom is 0.224 e. The maximum atomic E-state index is 5.00. The molecule has 5 aromatic heterocycles. The number of nitrogens with zero attached hydrogens (tertiary/aromatic N) is 5. The van der Waals surface area contributed by atoms with Crippen LogP contribution < -0.4 is 4.57 Å². The Morgan fingerprint density at radius 3 is 2.68 bits per heavy atom. The number of para-hydroxylation sites is 2. The Morgan fingerprint density at radius 2 is 1.75 bits per heavy atom. The predicted molar refractivity (Wildman–Crippen MR) is 111 cm³/mol. The van der Waals surface area contributed by atoms with Crippen molar-refractivity contribution in [3.05, 3.63) is 66.6 Å². The molecular weight excluding hydrogens is 346 g/mol. The van der Waals surface area contributed by atoms with Gasteiger partial charge in [0.2, 0.25) is 11.3 Å². The van der Waals surface area contributed by atoms with Gasteiger partial charge in [-0.05, 0) is 30.7 Å². The van der Waals surface area contributed by atoms with Crippen molar-refractivity contribution in [3.63, 3.8) is 0 Å². The predicted octanol–water partition coefficient (Wildman–Crippen LogP) is 4.17. The molecule has 0 unspecified atom stereocenters. The van der Waals surface area contributed by atoms with Crippen LogP contribution in [0.1, 0.15) is 5.56 Å².